The zero-order chi connectivity index (χ0) is 13.8. The number of nitrogens with one attached hydrogen (secondary N) is 1. The van der Waals surface area contributed by atoms with Gasteiger partial charge in [0.25, 0.3) is 5.91 Å². The van der Waals surface area contributed by atoms with Gasteiger partial charge in [-0.25, -0.2) is 0 Å². The van der Waals surface area contributed by atoms with Crippen LogP contribution in [0.5, 0.6) is 0 Å². The molecule has 0 atom stereocenters. The van der Waals surface area contributed by atoms with Gasteiger partial charge in [-0.3, -0.25) is 14.5 Å². The van der Waals surface area contributed by atoms with Crippen LogP contribution in [0.25, 0.3) is 0 Å². The van der Waals surface area contributed by atoms with Crippen molar-refractivity contribution in [2.45, 2.75) is 33.2 Å². The quantitative estimate of drug-likeness (QED) is 0.917. The number of anilines is 1. The lowest BCUT2D eigenvalue weighted by Gasteiger charge is -2.06. The first-order valence-corrected chi connectivity index (χ1v) is 6.40. The van der Waals surface area contributed by atoms with E-state index in [-0.39, 0.29) is 5.91 Å². The topological polar surface area (TPSA) is 59.8 Å². The van der Waals surface area contributed by atoms with Crippen LogP contribution in [0.1, 0.15) is 42.7 Å². The third-order valence-electron chi connectivity index (χ3n) is 2.86. The molecule has 0 radical (unpaired) electrons. The average Bonchev–Trinajstić information content (AvgIpc) is 2.88. The highest BCUT2D eigenvalue weighted by Crippen LogP contribution is 2.14. The first-order chi connectivity index (χ1) is 9.10. The van der Waals surface area contributed by atoms with E-state index in [0.717, 1.165) is 12.2 Å². The van der Waals surface area contributed by atoms with E-state index in [1.54, 1.807) is 23.3 Å². The van der Waals surface area contributed by atoms with E-state index in [1.165, 1.54) is 0 Å². The van der Waals surface area contributed by atoms with E-state index >= 15 is 0 Å². The molecule has 2 rings (SSSR count). The lowest BCUT2D eigenvalue weighted by Crippen LogP contribution is -2.11. The van der Waals surface area contributed by atoms with Crippen LogP contribution in [0.4, 0.5) is 5.69 Å². The van der Waals surface area contributed by atoms with Crippen LogP contribution >= 0.6 is 0 Å². The van der Waals surface area contributed by atoms with Crippen molar-refractivity contribution in [3.8, 4) is 0 Å². The maximum absolute atomic E-state index is 12.0. The average molecular weight is 258 g/mol. The Hall–Kier alpha value is -2.17. The van der Waals surface area contributed by atoms with Crippen molar-refractivity contribution < 1.29 is 4.79 Å². The Bertz CT molecular complexity index is 557. The van der Waals surface area contributed by atoms with Crippen LogP contribution in [0, 0.1) is 0 Å². The molecule has 0 saturated heterocycles. The normalized spacial score (nSPS) is 10.7. The Morgan fingerprint density at radius 3 is 2.68 bits per heavy atom. The third kappa shape index (κ3) is 3.19. The summed E-state index contributed by atoms with van der Waals surface area (Å²) in [6.45, 7) is 6.89. The summed E-state index contributed by atoms with van der Waals surface area (Å²) < 4.78 is 1.72. The summed E-state index contributed by atoms with van der Waals surface area (Å²) in [4.78, 5) is 16.3. The molecule has 1 N–H and O–H groups in total. The van der Waals surface area contributed by atoms with Gasteiger partial charge in [0.2, 0.25) is 0 Å². The smallest absolute Gasteiger partial charge is 0.258 e. The van der Waals surface area contributed by atoms with Gasteiger partial charge in [0.15, 0.2) is 0 Å². The van der Waals surface area contributed by atoms with Crippen LogP contribution < -0.4 is 5.32 Å². The number of nitrogens with zero attached hydrogens (tertiary/aromatic N) is 3. The summed E-state index contributed by atoms with van der Waals surface area (Å²) in [6, 6.07) is 3.79. The number of aromatic nitrogens is 3. The minimum atomic E-state index is -0.168. The molecule has 0 aliphatic heterocycles. The molecule has 0 fully saturated rings. The van der Waals surface area contributed by atoms with Crippen molar-refractivity contribution >= 4 is 11.6 Å². The summed E-state index contributed by atoms with van der Waals surface area (Å²) in [5.74, 6) is 0.214. The first-order valence-electron chi connectivity index (χ1n) is 6.40. The Labute approximate surface area is 112 Å². The maximum Gasteiger partial charge on any atom is 0.258 e. The highest BCUT2D eigenvalue weighted by Gasteiger charge is 2.09. The number of hydrogen-bond donors (Lipinski definition) is 1. The molecule has 100 valence electrons. The van der Waals surface area contributed by atoms with Crippen molar-refractivity contribution in [3.05, 3.63) is 42.0 Å². The van der Waals surface area contributed by atoms with Crippen molar-refractivity contribution in [3.63, 3.8) is 0 Å². The summed E-state index contributed by atoms with van der Waals surface area (Å²) in [6.07, 6.45) is 4.97. The Morgan fingerprint density at radius 1 is 1.37 bits per heavy atom. The molecule has 0 bridgehead atoms. The fourth-order valence-electron chi connectivity index (χ4n) is 1.68. The third-order valence-corrected chi connectivity index (χ3v) is 2.86. The lowest BCUT2D eigenvalue weighted by atomic mass is 10.1. The standard InChI is InChI=1S/C14H18N4O/c1-4-18-9-11(7-16-18)14(19)17-12-5-6-13(10(2)3)15-8-12/h5-10H,4H2,1-3H3,(H,17,19). The molecule has 19 heavy (non-hydrogen) atoms. The van der Waals surface area contributed by atoms with Crippen LogP contribution in [-0.2, 0) is 6.54 Å². The van der Waals surface area contributed by atoms with Crippen molar-refractivity contribution in [2.75, 3.05) is 5.32 Å². The Balaban J connectivity index is 2.06. The summed E-state index contributed by atoms with van der Waals surface area (Å²) in [7, 11) is 0. The van der Waals surface area contributed by atoms with Gasteiger partial charge in [0, 0.05) is 18.4 Å². The largest absolute Gasteiger partial charge is 0.320 e. The van der Waals surface area contributed by atoms with Crippen LogP contribution in [0.15, 0.2) is 30.7 Å². The molecule has 2 aromatic heterocycles. The molecule has 0 aliphatic carbocycles. The van der Waals surface area contributed by atoms with Crippen molar-refractivity contribution in [1.82, 2.24) is 14.8 Å². The monoisotopic (exact) mass is 258 g/mol. The molecule has 2 heterocycles. The molecular weight excluding hydrogens is 240 g/mol. The van der Waals surface area contributed by atoms with Crippen molar-refractivity contribution in [1.29, 1.82) is 0 Å². The molecule has 5 heteroatoms. The van der Waals surface area contributed by atoms with Crippen LogP contribution in [-0.4, -0.2) is 20.7 Å². The van der Waals surface area contributed by atoms with Crippen molar-refractivity contribution in [2.24, 2.45) is 0 Å². The summed E-state index contributed by atoms with van der Waals surface area (Å²) >= 11 is 0. The summed E-state index contributed by atoms with van der Waals surface area (Å²) in [5, 5.41) is 6.88. The molecule has 0 aromatic carbocycles. The maximum atomic E-state index is 12.0. The van der Waals surface area contributed by atoms with E-state index in [2.05, 4.69) is 29.2 Å². The molecule has 2 aromatic rings. The SMILES string of the molecule is CCn1cc(C(=O)Nc2ccc(C(C)C)nc2)cn1. The van der Waals surface area contributed by atoms with Crippen LogP contribution in [0.2, 0.25) is 0 Å². The van der Waals surface area contributed by atoms with Gasteiger partial charge >= 0.3 is 0 Å². The van der Waals surface area contributed by atoms with Gasteiger partial charge in [-0.2, -0.15) is 5.10 Å². The molecule has 0 spiro atoms. The number of hydrogen-bond acceptors (Lipinski definition) is 3. The van der Waals surface area contributed by atoms with E-state index in [4.69, 9.17) is 0 Å². The van der Waals surface area contributed by atoms with E-state index < -0.39 is 0 Å². The number of amides is 1. The first kappa shape index (κ1) is 13.3. The van der Waals surface area contributed by atoms with Gasteiger partial charge in [-0.15, -0.1) is 0 Å². The summed E-state index contributed by atoms with van der Waals surface area (Å²) in [5.41, 5.74) is 2.25. The number of carbonyl (C=O) groups is 1. The zero-order valence-electron chi connectivity index (χ0n) is 11.4. The molecule has 0 aliphatic rings. The zero-order valence-corrected chi connectivity index (χ0v) is 11.4. The lowest BCUT2D eigenvalue weighted by molar-refractivity contribution is 0.102. The second-order valence-electron chi connectivity index (χ2n) is 4.67. The van der Waals surface area contributed by atoms with Gasteiger partial charge in [0.1, 0.15) is 0 Å². The number of pyridine rings is 1. The van der Waals surface area contributed by atoms with Crippen LogP contribution in [0.3, 0.4) is 0 Å². The highest BCUT2D eigenvalue weighted by atomic mass is 16.1. The number of rotatable bonds is 4. The fraction of sp³-hybridized carbons (Fsp3) is 0.357. The minimum Gasteiger partial charge on any atom is -0.320 e. The van der Waals surface area contributed by atoms with Gasteiger partial charge in [-0.1, -0.05) is 13.8 Å². The molecule has 1 amide bonds. The number of carbonyl (C=O) groups excluding carboxylic acids is 1. The predicted molar refractivity (Wildman–Crippen MR) is 74.2 cm³/mol. The Morgan fingerprint density at radius 2 is 2.16 bits per heavy atom. The van der Waals surface area contributed by atoms with E-state index in [9.17, 15) is 4.79 Å². The van der Waals surface area contributed by atoms with E-state index in [1.807, 2.05) is 19.1 Å². The van der Waals surface area contributed by atoms with Gasteiger partial charge < -0.3 is 5.32 Å². The van der Waals surface area contributed by atoms with E-state index in [0.29, 0.717) is 17.2 Å². The second-order valence-corrected chi connectivity index (χ2v) is 4.67. The molecule has 0 unspecified atom stereocenters. The Kier molecular flexibility index (Phi) is 3.94. The molecular formula is C14H18N4O. The fourth-order valence-corrected chi connectivity index (χ4v) is 1.68. The highest BCUT2D eigenvalue weighted by molar-refractivity contribution is 6.03. The predicted octanol–water partition coefficient (Wildman–Crippen LogP) is 2.67. The number of aryl methyl sites for hydroxylation is 1. The molecule has 0 saturated carbocycles. The van der Waals surface area contributed by atoms with Gasteiger partial charge in [-0.05, 0) is 25.0 Å². The second kappa shape index (κ2) is 5.65. The van der Waals surface area contributed by atoms with Gasteiger partial charge in [0.05, 0.1) is 23.6 Å². The minimum absolute atomic E-state index is 0.168. The molecule has 5 nitrogen and oxygen atoms in total.